The average molecular weight is 477 g/mol. The van der Waals surface area contributed by atoms with E-state index in [4.69, 9.17) is 16.7 Å². The molecule has 176 valence electrons. The molecule has 1 aliphatic heterocycles. The number of aliphatic hydroxyl groups is 1. The molecule has 0 saturated carbocycles. The largest absolute Gasteiger partial charge is 0.481 e. The molecule has 0 radical (unpaired) electrons. The zero-order chi connectivity index (χ0) is 24.0. The van der Waals surface area contributed by atoms with E-state index in [0.29, 0.717) is 17.9 Å². The molecule has 5 nitrogen and oxygen atoms in total. The number of hydrogen-bond acceptors (Lipinski definition) is 4. The first-order valence-electron chi connectivity index (χ1n) is 11.6. The van der Waals surface area contributed by atoms with Crippen molar-refractivity contribution in [3.63, 3.8) is 0 Å². The number of piperidine rings is 1. The van der Waals surface area contributed by atoms with Gasteiger partial charge in [-0.25, -0.2) is 0 Å². The van der Waals surface area contributed by atoms with E-state index in [2.05, 4.69) is 16.0 Å². The van der Waals surface area contributed by atoms with E-state index in [-0.39, 0.29) is 6.42 Å². The van der Waals surface area contributed by atoms with E-state index in [1.54, 1.807) is 6.20 Å². The van der Waals surface area contributed by atoms with Crippen LogP contribution >= 0.6 is 11.6 Å². The third-order valence-electron chi connectivity index (χ3n) is 6.42. The lowest BCUT2D eigenvalue weighted by Gasteiger charge is -2.38. The second kappa shape index (κ2) is 11.0. The van der Waals surface area contributed by atoms with E-state index >= 15 is 0 Å². The molecule has 0 atom stereocenters. The van der Waals surface area contributed by atoms with Gasteiger partial charge in [0.2, 0.25) is 0 Å². The Hall–Kier alpha value is -2.99. The molecule has 1 fully saturated rings. The highest BCUT2D eigenvalue weighted by molar-refractivity contribution is 6.30. The molecule has 0 bridgehead atoms. The first-order valence-corrected chi connectivity index (χ1v) is 11.9. The molecule has 2 aromatic carbocycles. The van der Waals surface area contributed by atoms with Crippen molar-refractivity contribution in [3.05, 3.63) is 106 Å². The second-order valence-electron chi connectivity index (χ2n) is 8.80. The van der Waals surface area contributed by atoms with E-state index in [1.807, 2.05) is 66.9 Å². The second-order valence-corrected chi connectivity index (χ2v) is 9.24. The SMILES string of the molecule is O=C(O)Cc1cccc(/C(=C/CCN2CCC(O)(c3ccc(Cl)cc3)CC2)c2cccnc2)c1. The topological polar surface area (TPSA) is 73.7 Å². The molecule has 0 aliphatic carbocycles. The Kier molecular flexibility index (Phi) is 7.78. The number of carboxylic acids is 1. The van der Waals surface area contributed by atoms with Gasteiger partial charge in [-0.1, -0.05) is 60.1 Å². The maximum atomic E-state index is 11.2. The molecule has 1 saturated heterocycles. The third-order valence-corrected chi connectivity index (χ3v) is 6.68. The van der Waals surface area contributed by atoms with Gasteiger partial charge in [-0.2, -0.15) is 0 Å². The van der Waals surface area contributed by atoms with Gasteiger partial charge < -0.3 is 15.1 Å². The highest BCUT2D eigenvalue weighted by Crippen LogP contribution is 2.33. The molecule has 4 rings (SSSR count). The van der Waals surface area contributed by atoms with Crippen molar-refractivity contribution < 1.29 is 15.0 Å². The predicted molar refractivity (Wildman–Crippen MR) is 135 cm³/mol. The summed E-state index contributed by atoms with van der Waals surface area (Å²) < 4.78 is 0. The molecule has 0 spiro atoms. The molecule has 2 N–H and O–H groups in total. The standard InChI is InChI=1S/C28H29ClN2O3/c29-25-10-8-24(9-11-25)28(34)12-16-31(17-13-28)15-3-7-26(23-6-2-14-30-20-23)22-5-1-4-21(18-22)19-27(32)33/h1-2,4-11,14,18,20,34H,3,12-13,15-17,19H2,(H,32,33)/b26-7-. The Morgan fingerprint density at radius 3 is 2.47 bits per heavy atom. The molecular weight excluding hydrogens is 448 g/mol. The summed E-state index contributed by atoms with van der Waals surface area (Å²) in [5.74, 6) is -0.840. The maximum Gasteiger partial charge on any atom is 0.307 e. The number of likely N-dealkylation sites (tertiary alicyclic amines) is 1. The van der Waals surface area contributed by atoms with E-state index in [9.17, 15) is 9.90 Å². The van der Waals surface area contributed by atoms with E-state index < -0.39 is 11.6 Å². The van der Waals surface area contributed by atoms with Crippen LogP contribution in [-0.2, 0) is 16.8 Å². The van der Waals surface area contributed by atoms with Gasteiger partial charge in [-0.05, 0) is 59.7 Å². The van der Waals surface area contributed by atoms with E-state index in [0.717, 1.165) is 53.9 Å². The number of aromatic nitrogens is 1. The van der Waals surface area contributed by atoms with Crippen molar-refractivity contribution in [2.45, 2.75) is 31.3 Å². The monoisotopic (exact) mass is 476 g/mol. The van der Waals surface area contributed by atoms with Crippen molar-refractivity contribution in [2.75, 3.05) is 19.6 Å². The average Bonchev–Trinajstić information content (AvgIpc) is 2.84. The van der Waals surface area contributed by atoms with Crippen LogP contribution in [0.25, 0.3) is 5.57 Å². The minimum Gasteiger partial charge on any atom is -0.481 e. The summed E-state index contributed by atoms with van der Waals surface area (Å²) in [6.45, 7) is 2.53. The van der Waals surface area contributed by atoms with Gasteiger partial charge in [0, 0.05) is 42.6 Å². The Labute approximate surface area is 205 Å². The number of pyridine rings is 1. The predicted octanol–water partition coefficient (Wildman–Crippen LogP) is 5.17. The minimum atomic E-state index is -0.840. The van der Waals surface area contributed by atoms with Crippen LogP contribution in [0.5, 0.6) is 0 Å². The smallest absolute Gasteiger partial charge is 0.307 e. The van der Waals surface area contributed by atoms with Gasteiger partial charge in [0.1, 0.15) is 0 Å². The van der Waals surface area contributed by atoms with Crippen LogP contribution in [-0.4, -0.2) is 45.7 Å². The Morgan fingerprint density at radius 2 is 1.79 bits per heavy atom. The van der Waals surface area contributed by atoms with Crippen LogP contribution in [0.2, 0.25) is 5.02 Å². The lowest BCUT2D eigenvalue weighted by molar-refractivity contribution is -0.136. The molecule has 34 heavy (non-hydrogen) atoms. The fraction of sp³-hybridized carbons (Fsp3) is 0.286. The van der Waals surface area contributed by atoms with Crippen molar-refractivity contribution in [1.29, 1.82) is 0 Å². The number of carbonyl (C=O) groups is 1. The van der Waals surface area contributed by atoms with Crippen LogP contribution < -0.4 is 0 Å². The van der Waals surface area contributed by atoms with Gasteiger partial charge in [-0.3, -0.25) is 9.78 Å². The zero-order valence-electron chi connectivity index (χ0n) is 19.0. The summed E-state index contributed by atoms with van der Waals surface area (Å²) in [7, 11) is 0. The van der Waals surface area contributed by atoms with Crippen LogP contribution in [0.4, 0.5) is 0 Å². The lowest BCUT2D eigenvalue weighted by atomic mass is 9.84. The van der Waals surface area contributed by atoms with Crippen molar-refractivity contribution >= 4 is 23.1 Å². The molecule has 1 aliphatic rings. The Bertz CT molecular complexity index is 1140. The number of hydrogen-bond donors (Lipinski definition) is 2. The van der Waals surface area contributed by atoms with E-state index in [1.165, 1.54) is 0 Å². The Morgan fingerprint density at radius 1 is 1.06 bits per heavy atom. The number of halogens is 1. The van der Waals surface area contributed by atoms with Crippen LogP contribution in [0.15, 0.2) is 79.1 Å². The summed E-state index contributed by atoms with van der Waals surface area (Å²) >= 11 is 6.00. The van der Waals surface area contributed by atoms with Gasteiger partial charge in [0.25, 0.3) is 0 Å². The van der Waals surface area contributed by atoms with Gasteiger partial charge in [-0.15, -0.1) is 0 Å². The summed E-state index contributed by atoms with van der Waals surface area (Å²) in [4.78, 5) is 17.8. The van der Waals surface area contributed by atoms with Crippen LogP contribution in [0.1, 0.15) is 41.5 Å². The molecule has 6 heteroatoms. The number of nitrogens with zero attached hydrogens (tertiary/aromatic N) is 2. The van der Waals surface area contributed by atoms with Crippen molar-refractivity contribution in [3.8, 4) is 0 Å². The first-order chi connectivity index (χ1) is 16.4. The molecule has 2 heterocycles. The Balaban J connectivity index is 1.44. The fourth-order valence-corrected chi connectivity index (χ4v) is 4.66. The molecule has 3 aromatic rings. The molecule has 0 amide bonds. The van der Waals surface area contributed by atoms with Crippen molar-refractivity contribution in [2.24, 2.45) is 0 Å². The quantitative estimate of drug-likeness (QED) is 0.469. The normalized spacial score (nSPS) is 16.4. The maximum absolute atomic E-state index is 11.2. The summed E-state index contributed by atoms with van der Waals surface area (Å²) in [5, 5.41) is 21.0. The third kappa shape index (κ3) is 6.11. The first kappa shape index (κ1) is 24.1. The highest BCUT2D eigenvalue weighted by atomic mass is 35.5. The lowest BCUT2D eigenvalue weighted by Crippen LogP contribution is -2.42. The molecular formula is C28H29ClN2O3. The number of rotatable bonds is 8. The number of benzene rings is 2. The zero-order valence-corrected chi connectivity index (χ0v) is 19.8. The molecule has 0 unspecified atom stereocenters. The summed E-state index contributed by atoms with van der Waals surface area (Å²) in [6, 6.07) is 19.1. The minimum absolute atomic E-state index is 0.00152. The van der Waals surface area contributed by atoms with Gasteiger partial charge in [0.15, 0.2) is 0 Å². The number of aliphatic carboxylic acids is 1. The summed E-state index contributed by atoms with van der Waals surface area (Å²) in [6.07, 6.45) is 8.00. The summed E-state index contributed by atoms with van der Waals surface area (Å²) in [5.41, 5.74) is 3.94. The van der Waals surface area contributed by atoms with Crippen molar-refractivity contribution in [1.82, 2.24) is 9.88 Å². The van der Waals surface area contributed by atoms with Gasteiger partial charge >= 0.3 is 5.97 Å². The van der Waals surface area contributed by atoms with Crippen LogP contribution in [0, 0.1) is 0 Å². The number of carboxylic acid groups (broad SMARTS) is 1. The highest BCUT2D eigenvalue weighted by Gasteiger charge is 2.33. The van der Waals surface area contributed by atoms with Crippen LogP contribution in [0.3, 0.4) is 0 Å². The molecule has 1 aromatic heterocycles. The fourth-order valence-electron chi connectivity index (χ4n) is 4.53. The van der Waals surface area contributed by atoms with Gasteiger partial charge in [0.05, 0.1) is 12.0 Å².